The highest BCUT2D eigenvalue weighted by molar-refractivity contribution is 5.78. The van der Waals surface area contributed by atoms with Crippen LogP contribution in [0.25, 0.3) is 0 Å². The molecule has 8 heavy (non-hydrogen) atoms. The van der Waals surface area contributed by atoms with Gasteiger partial charge < -0.3 is 15.3 Å². The van der Waals surface area contributed by atoms with Crippen LogP contribution >= 0.6 is 0 Å². The van der Waals surface area contributed by atoms with Crippen LogP contribution in [0.4, 0.5) is 0 Å². The van der Waals surface area contributed by atoms with E-state index in [-0.39, 0.29) is 6.04 Å². The summed E-state index contributed by atoms with van der Waals surface area (Å²) in [7, 11) is 0. The summed E-state index contributed by atoms with van der Waals surface area (Å²) in [4.78, 5) is 19.7. The van der Waals surface area contributed by atoms with E-state index in [1.807, 2.05) is 0 Å². The van der Waals surface area contributed by atoms with Crippen LogP contribution in [0.2, 0.25) is 0 Å². The molecular weight excluding hydrogens is 106 g/mol. The molecule has 0 aromatic rings. The van der Waals surface area contributed by atoms with Gasteiger partial charge in [0.1, 0.15) is 12.6 Å². The van der Waals surface area contributed by atoms with Crippen LogP contribution in [0.3, 0.4) is 0 Å². The number of nitrogens with two attached hydrogens (primary N) is 1. The van der Waals surface area contributed by atoms with Crippen molar-refractivity contribution in [3.63, 3.8) is 0 Å². The SMILES string of the molecule is CC(N)C(C=O)C=O. The second-order valence-corrected chi connectivity index (χ2v) is 1.71. The van der Waals surface area contributed by atoms with Crippen molar-refractivity contribution in [1.82, 2.24) is 0 Å². The van der Waals surface area contributed by atoms with E-state index >= 15 is 0 Å². The molecule has 0 rings (SSSR count). The van der Waals surface area contributed by atoms with Gasteiger partial charge >= 0.3 is 0 Å². The Balaban J connectivity index is 3.68. The van der Waals surface area contributed by atoms with Crippen molar-refractivity contribution >= 4 is 12.6 Å². The molecule has 3 heteroatoms. The van der Waals surface area contributed by atoms with E-state index in [2.05, 4.69) is 0 Å². The molecule has 0 heterocycles. The third-order valence-corrected chi connectivity index (χ3v) is 0.921. The first-order valence-electron chi connectivity index (χ1n) is 2.38. The highest BCUT2D eigenvalue weighted by Crippen LogP contribution is 1.89. The first-order chi connectivity index (χ1) is 3.72. The summed E-state index contributed by atoms with van der Waals surface area (Å²) in [6, 6.07) is -0.356. The molecule has 0 bridgehead atoms. The Labute approximate surface area is 47.9 Å². The molecule has 0 aliphatic rings. The molecule has 46 valence electrons. The topological polar surface area (TPSA) is 60.2 Å². The highest BCUT2D eigenvalue weighted by atomic mass is 16.1. The van der Waals surface area contributed by atoms with E-state index in [9.17, 15) is 9.59 Å². The molecule has 0 aliphatic carbocycles. The van der Waals surface area contributed by atoms with E-state index < -0.39 is 5.92 Å². The van der Waals surface area contributed by atoms with Gasteiger partial charge in [-0.3, -0.25) is 0 Å². The first kappa shape index (κ1) is 7.30. The molecule has 3 nitrogen and oxygen atoms in total. The normalized spacial score (nSPS) is 13.4. The molecule has 0 aromatic carbocycles. The standard InChI is InChI=1S/C5H9NO2/c1-4(6)5(2-7)3-8/h2-5H,6H2,1H3. The predicted molar refractivity (Wildman–Crippen MR) is 29.3 cm³/mol. The van der Waals surface area contributed by atoms with E-state index in [1.54, 1.807) is 6.92 Å². The van der Waals surface area contributed by atoms with Crippen LogP contribution in [-0.4, -0.2) is 18.6 Å². The maximum Gasteiger partial charge on any atom is 0.131 e. The summed E-state index contributed by atoms with van der Waals surface area (Å²) in [5.41, 5.74) is 5.20. The lowest BCUT2D eigenvalue weighted by Crippen LogP contribution is -2.28. The average molecular weight is 115 g/mol. The monoisotopic (exact) mass is 115 g/mol. The number of hydrogen-bond donors (Lipinski definition) is 1. The fourth-order valence-electron chi connectivity index (χ4n) is 0.280. The lowest BCUT2D eigenvalue weighted by molar-refractivity contribution is -0.119. The Bertz CT molecular complexity index is 82.4. The predicted octanol–water partition coefficient (Wildman–Crippen LogP) is -0.652. The lowest BCUT2D eigenvalue weighted by atomic mass is 10.1. The summed E-state index contributed by atoms with van der Waals surface area (Å²) in [6.07, 6.45) is 1.11. The van der Waals surface area contributed by atoms with Crippen LogP contribution in [0, 0.1) is 5.92 Å². The van der Waals surface area contributed by atoms with Gasteiger partial charge in [0.05, 0.1) is 5.92 Å². The molecule has 1 atom stereocenters. The molecule has 2 N–H and O–H groups in total. The molecule has 0 fully saturated rings. The minimum Gasteiger partial charge on any atom is -0.327 e. The van der Waals surface area contributed by atoms with Crippen LogP contribution in [-0.2, 0) is 9.59 Å². The van der Waals surface area contributed by atoms with Crippen molar-refractivity contribution < 1.29 is 9.59 Å². The highest BCUT2D eigenvalue weighted by Gasteiger charge is 2.08. The third-order valence-electron chi connectivity index (χ3n) is 0.921. The quantitative estimate of drug-likeness (QED) is 0.392. The Hall–Kier alpha value is -0.700. The van der Waals surface area contributed by atoms with Gasteiger partial charge in [-0.15, -0.1) is 0 Å². The summed E-state index contributed by atoms with van der Waals surface area (Å²) >= 11 is 0. The van der Waals surface area contributed by atoms with Gasteiger partial charge in [0, 0.05) is 6.04 Å². The molecule has 0 saturated carbocycles. The maximum absolute atomic E-state index is 9.87. The zero-order valence-corrected chi connectivity index (χ0v) is 4.70. The minimum absolute atomic E-state index is 0.356. The molecular formula is C5H9NO2. The smallest absolute Gasteiger partial charge is 0.131 e. The van der Waals surface area contributed by atoms with Gasteiger partial charge in [-0.05, 0) is 6.92 Å². The molecule has 0 radical (unpaired) electrons. The Morgan fingerprint density at radius 3 is 1.75 bits per heavy atom. The number of carbonyl (C=O) groups excluding carboxylic acids is 2. The van der Waals surface area contributed by atoms with Crippen molar-refractivity contribution in [3.05, 3.63) is 0 Å². The largest absolute Gasteiger partial charge is 0.327 e. The average Bonchev–Trinajstić information content (AvgIpc) is 1.69. The molecule has 0 aromatic heterocycles. The van der Waals surface area contributed by atoms with Gasteiger partial charge in [-0.2, -0.15) is 0 Å². The number of aldehydes is 2. The summed E-state index contributed by atoms with van der Waals surface area (Å²) in [5.74, 6) is -0.630. The Morgan fingerprint density at radius 2 is 1.75 bits per heavy atom. The van der Waals surface area contributed by atoms with Crippen molar-refractivity contribution in [2.45, 2.75) is 13.0 Å². The fraction of sp³-hybridized carbons (Fsp3) is 0.600. The number of hydrogen-bond acceptors (Lipinski definition) is 3. The number of carbonyl (C=O) groups is 2. The lowest BCUT2D eigenvalue weighted by Gasteiger charge is -2.03. The zero-order chi connectivity index (χ0) is 6.57. The maximum atomic E-state index is 9.87. The van der Waals surface area contributed by atoms with E-state index in [0.717, 1.165) is 0 Å². The molecule has 0 saturated heterocycles. The van der Waals surface area contributed by atoms with Gasteiger partial charge in [0.2, 0.25) is 0 Å². The van der Waals surface area contributed by atoms with Gasteiger partial charge in [0.25, 0.3) is 0 Å². The first-order valence-corrected chi connectivity index (χ1v) is 2.38. The van der Waals surface area contributed by atoms with Crippen molar-refractivity contribution in [1.29, 1.82) is 0 Å². The van der Waals surface area contributed by atoms with Crippen LogP contribution in [0.5, 0.6) is 0 Å². The van der Waals surface area contributed by atoms with E-state index in [1.165, 1.54) is 0 Å². The van der Waals surface area contributed by atoms with Crippen LogP contribution < -0.4 is 5.73 Å². The van der Waals surface area contributed by atoms with Crippen LogP contribution in [0.1, 0.15) is 6.92 Å². The fourth-order valence-corrected chi connectivity index (χ4v) is 0.280. The minimum atomic E-state index is -0.630. The number of rotatable bonds is 3. The second-order valence-electron chi connectivity index (χ2n) is 1.71. The van der Waals surface area contributed by atoms with E-state index in [4.69, 9.17) is 5.73 Å². The third kappa shape index (κ3) is 1.84. The van der Waals surface area contributed by atoms with Crippen LogP contribution in [0.15, 0.2) is 0 Å². The van der Waals surface area contributed by atoms with Gasteiger partial charge in [-0.25, -0.2) is 0 Å². The van der Waals surface area contributed by atoms with Crippen molar-refractivity contribution in [2.75, 3.05) is 0 Å². The summed E-state index contributed by atoms with van der Waals surface area (Å²) in [6.45, 7) is 1.62. The zero-order valence-electron chi connectivity index (χ0n) is 4.70. The van der Waals surface area contributed by atoms with Gasteiger partial charge in [0.15, 0.2) is 0 Å². The molecule has 1 unspecified atom stereocenters. The second kappa shape index (κ2) is 3.32. The van der Waals surface area contributed by atoms with E-state index in [0.29, 0.717) is 12.6 Å². The van der Waals surface area contributed by atoms with Crippen molar-refractivity contribution in [2.24, 2.45) is 11.7 Å². The van der Waals surface area contributed by atoms with Crippen molar-refractivity contribution in [3.8, 4) is 0 Å². The Morgan fingerprint density at radius 1 is 1.38 bits per heavy atom. The summed E-state index contributed by atoms with van der Waals surface area (Å²) in [5, 5.41) is 0. The van der Waals surface area contributed by atoms with Gasteiger partial charge in [-0.1, -0.05) is 0 Å². The summed E-state index contributed by atoms with van der Waals surface area (Å²) < 4.78 is 0. The molecule has 0 aliphatic heterocycles. The Kier molecular flexibility index (Phi) is 3.03. The molecule has 0 amide bonds. The molecule has 0 spiro atoms.